The van der Waals surface area contributed by atoms with Crippen molar-refractivity contribution in [1.82, 2.24) is 9.55 Å². The molecule has 3 rings (SSSR count). The zero-order valence-electron chi connectivity index (χ0n) is 11.3. The molecule has 1 aromatic carbocycles. The van der Waals surface area contributed by atoms with Crippen molar-refractivity contribution in [2.24, 2.45) is 11.7 Å². The topological polar surface area (TPSA) is 43.8 Å². The summed E-state index contributed by atoms with van der Waals surface area (Å²) >= 11 is 0. The van der Waals surface area contributed by atoms with E-state index >= 15 is 0 Å². The van der Waals surface area contributed by atoms with Crippen LogP contribution >= 0.6 is 24.8 Å². The van der Waals surface area contributed by atoms with E-state index in [1.165, 1.54) is 29.5 Å². The fourth-order valence-corrected chi connectivity index (χ4v) is 2.36. The standard InChI is InChI=1S/C14H19N3.2ClH/c1-9-5-13-14(6-10(9)2)17(8-16-13)7-12(15)11-3-4-11;;/h5-6,8,11-12H,3-4,7,15H2,1-2H3;2*1H. The molecule has 1 fully saturated rings. The first-order valence-electron chi connectivity index (χ1n) is 6.33. The van der Waals surface area contributed by atoms with Gasteiger partial charge in [-0.3, -0.25) is 0 Å². The van der Waals surface area contributed by atoms with Crippen LogP contribution in [0, 0.1) is 19.8 Å². The summed E-state index contributed by atoms with van der Waals surface area (Å²) in [6, 6.07) is 4.66. The maximum absolute atomic E-state index is 6.18. The molecule has 0 amide bonds. The summed E-state index contributed by atoms with van der Waals surface area (Å²) in [5, 5.41) is 0. The van der Waals surface area contributed by atoms with Crippen LogP contribution in [0.3, 0.4) is 0 Å². The lowest BCUT2D eigenvalue weighted by atomic mass is 10.1. The minimum Gasteiger partial charge on any atom is -0.329 e. The Balaban J connectivity index is 0.000000902. The molecule has 5 heteroatoms. The highest BCUT2D eigenvalue weighted by Crippen LogP contribution is 2.32. The van der Waals surface area contributed by atoms with Crippen molar-refractivity contribution in [3.8, 4) is 0 Å². The monoisotopic (exact) mass is 301 g/mol. The van der Waals surface area contributed by atoms with Gasteiger partial charge in [0.15, 0.2) is 0 Å². The molecule has 1 saturated carbocycles. The Kier molecular flexibility index (Phi) is 5.25. The number of aryl methyl sites for hydroxylation is 2. The lowest BCUT2D eigenvalue weighted by molar-refractivity contribution is 0.510. The molecule has 1 aromatic heterocycles. The Hall–Kier alpha value is -0.770. The molecule has 0 bridgehead atoms. The van der Waals surface area contributed by atoms with Crippen molar-refractivity contribution in [2.45, 2.75) is 39.3 Å². The highest BCUT2D eigenvalue weighted by atomic mass is 35.5. The predicted molar refractivity (Wildman–Crippen MR) is 84.4 cm³/mol. The Bertz CT molecular complexity index is 561. The molecule has 1 heterocycles. The number of nitrogens with zero attached hydrogens (tertiary/aromatic N) is 2. The normalized spacial score (nSPS) is 15.7. The average molecular weight is 302 g/mol. The van der Waals surface area contributed by atoms with Crippen LogP contribution in [0.25, 0.3) is 11.0 Å². The number of fused-ring (bicyclic) bond motifs is 1. The maximum Gasteiger partial charge on any atom is 0.0958 e. The Labute approximate surface area is 126 Å². The number of nitrogens with two attached hydrogens (primary N) is 1. The predicted octanol–water partition coefficient (Wildman–Crippen LogP) is 3.23. The number of imidazole rings is 1. The van der Waals surface area contributed by atoms with E-state index in [0.29, 0.717) is 0 Å². The summed E-state index contributed by atoms with van der Waals surface area (Å²) in [6.45, 7) is 5.17. The van der Waals surface area contributed by atoms with Gasteiger partial charge in [0.25, 0.3) is 0 Å². The van der Waals surface area contributed by atoms with Gasteiger partial charge in [-0.2, -0.15) is 0 Å². The first kappa shape index (κ1) is 16.3. The Morgan fingerprint density at radius 1 is 1.26 bits per heavy atom. The number of halogens is 2. The van der Waals surface area contributed by atoms with Gasteiger partial charge in [0.1, 0.15) is 0 Å². The zero-order chi connectivity index (χ0) is 12.0. The second-order valence-corrected chi connectivity index (χ2v) is 5.32. The molecule has 0 aliphatic heterocycles. The highest BCUT2D eigenvalue weighted by molar-refractivity contribution is 5.85. The van der Waals surface area contributed by atoms with E-state index in [1.54, 1.807) is 0 Å². The third kappa shape index (κ3) is 3.22. The molecule has 2 aromatic rings. The molecule has 1 aliphatic rings. The molecule has 0 radical (unpaired) electrons. The summed E-state index contributed by atoms with van der Waals surface area (Å²) in [7, 11) is 0. The quantitative estimate of drug-likeness (QED) is 0.946. The first-order valence-corrected chi connectivity index (χ1v) is 6.33. The zero-order valence-corrected chi connectivity index (χ0v) is 12.9. The largest absolute Gasteiger partial charge is 0.329 e. The summed E-state index contributed by atoms with van der Waals surface area (Å²) in [5.74, 6) is 0.735. The van der Waals surface area contributed by atoms with E-state index in [1.807, 2.05) is 6.33 Å². The molecular formula is C14H21Cl2N3. The van der Waals surface area contributed by atoms with Gasteiger partial charge < -0.3 is 10.3 Å². The van der Waals surface area contributed by atoms with Gasteiger partial charge in [0, 0.05) is 12.6 Å². The number of rotatable bonds is 3. The van der Waals surface area contributed by atoms with Crippen LogP contribution in [0.15, 0.2) is 18.5 Å². The highest BCUT2D eigenvalue weighted by Gasteiger charge is 2.28. The smallest absolute Gasteiger partial charge is 0.0958 e. The number of benzene rings is 1. The van der Waals surface area contributed by atoms with Crippen molar-refractivity contribution in [2.75, 3.05) is 0 Å². The average Bonchev–Trinajstić information content (AvgIpc) is 3.07. The van der Waals surface area contributed by atoms with Gasteiger partial charge in [-0.25, -0.2) is 4.98 Å². The SMILES string of the molecule is Cc1cc2ncn(CC(N)C3CC3)c2cc1C.Cl.Cl. The van der Waals surface area contributed by atoms with Crippen molar-refractivity contribution in [1.29, 1.82) is 0 Å². The number of aromatic nitrogens is 2. The molecular weight excluding hydrogens is 281 g/mol. The minimum atomic E-state index is 0. The van der Waals surface area contributed by atoms with Gasteiger partial charge in [0.2, 0.25) is 0 Å². The number of hydrogen-bond acceptors (Lipinski definition) is 2. The molecule has 1 atom stereocenters. The number of hydrogen-bond donors (Lipinski definition) is 1. The van der Waals surface area contributed by atoms with Crippen molar-refractivity contribution in [3.05, 3.63) is 29.6 Å². The van der Waals surface area contributed by atoms with Gasteiger partial charge in [0.05, 0.1) is 17.4 Å². The fourth-order valence-electron chi connectivity index (χ4n) is 2.36. The van der Waals surface area contributed by atoms with Gasteiger partial charge in [-0.05, 0) is 55.9 Å². The van der Waals surface area contributed by atoms with Crippen LogP contribution in [-0.2, 0) is 6.54 Å². The summed E-state index contributed by atoms with van der Waals surface area (Å²) in [5.41, 5.74) is 11.1. The van der Waals surface area contributed by atoms with E-state index in [2.05, 4.69) is 35.5 Å². The van der Waals surface area contributed by atoms with Gasteiger partial charge >= 0.3 is 0 Å². The Morgan fingerprint density at radius 3 is 2.53 bits per heavy atom. The van der Waals surface area contributed by atoms with E-state index in [4.69, 9.17) is 5.73 Å². The molecule has 19 heavy (non-hydrogen) atoms. The molecule has 1 unspecified atom stereocenters. The molecule has 0 spiro atoms. The first-order chi connectivity index (χ1) is 8.15. The molecule has 2 N–H and O–H groups in total. The third-order valence-electron chi connectivity index (χ3n) is 3.87. The van der Waals surface area contributed by atoms with Crippen LogP contribution in [0.1, 0.15) is 24.0 Å². The van der Waals surface area contributed by atoms with Crippen LogP contribution in [-0.4, -0.2) is 15.6 Å². The van der Waals surface area contributed by atoms with E-state index in [-0.39, 0.29) is 30.9 Å². The van der Waals surface area contributed by atoms with Crippen molar-refractivity contribution < 1.29 is 0 Å². The second-order valence-electron chi connectivity index (χ2n) is 5.32. The minimum absolute atomic E-state index is 0. The van der Waals surface area contributed by atoms with E-state index in [0.717, 1.165) is 18.0 Å². The lowest BCUT2D eigenvalue weighted by Gasteiger charge is -2.12. The van der Waals surface area contributed by atoms with Crippen molar-refractivity contribution in [3.63, 3.8) is 0 Å². The maximum atomic E-state index is 6.18. The second kappa shape index (κ2) is 6.12. The third-order valence-corrected chi connectivity index (χ3v) is 3.87. The molecule has 0 saturated heterocycles. The lowest BCUT2D eigenvalue weighted by Crippen LogP contribution is -2.27. The van der Waals surface area contributed by atoms with Crippen LogP contribution in [0.2, 0.25) is 0 Å². The van der Waals surface area contributed by atoms with E-state index in [9.17, 15) is 0 Å². The van der Waals surface area contributed by atoms with Crippen LogP contribution in [0.5, 0.6) is 0 Å². The summed E-state index contributed by atoms with van der Waals surface area (Å²) in [4.78, 5) is 4.46. The van der Waals surface area contributed by atoms with Crippen LogP contribution in [0.4, 0.5) is 0 Å². The molecule has 1 aliphatic carbocycles. The summed E-state index contributed by atoms with van der Waals surface area (Å²) in [6.07, 6.45) is 4.52. The van der Waals surface area contributed by atoms with Crippen molar-refractivity contribution >= 4 is 35.8 Å². The van der Waals surface area contributed by atoms with E-state index < -0.39 is 0 Å². The summed E-state index contributed by atoms with van der Waals surface area (Å²) < 4.78 is 2.20. The van der Waals surface area contributed by atoms with Gasteiger partial charge in [-0.1, -0.05) is 0 Å². The Morgan fingerprint density at radius 2 is 1.89 bits per heavy atom. The fraction of sp³-hybridized carbons (Fsp3) is 0.500. The van der Waals surface area contributed by atoms with Crippen LogP contribution < -0.4 is 5.73 Å². The van der Waals surface area contributed by atoms with Gasteiger partial charge in [-0.15, -0.1) is 24.8 Å². The molecule has 3 nitrogen and oxygen atoms in total. The molecule has 106 valence electrons.